The molecule has 3 amide bonds. The first-order valence-corrected chi connectivity index (χ1v) is 10.1. The normalized spacial score (nSPS) is 12.6. The standard InChI is InChI=1S/C21H20BrN3O5/c22-14-5-3-4-13(10-14)20(28)23-11-19(27)30-12-18(26)25-17-7-2-1-6-16(17)21(29)24-15-8-9-15/h1-7,10,15H,8-9,11-12H2,(H,23,28)(H,24,29)(H,25,26). The topological polar surface area (TPSA) is 114 Å². The average Bonchev–Trinajstić information content (AvgIpc) is 3.54. The van der Waals surface area contributed by atoms with E-state index >= 15 is 0 Å². The van der Waals surface area contributed by atoms with Crippen molar-refractivity contribution in [1.29, 1.82) is 0 Å². The number of anilines is 1. The first kappa shape index (κ1) is 21.5. The number of amides is 3. The van der Waals surface area contributed by atoms with E-state index in [9.17, 15) is 19.2 Å². The predicted octanol–water partition coefficient (Wildman–Crippen LogP) is 2.25. The van der Waals surface area contributed by atoms with Gasteiger partial charge in [-0.25, -0.2) is 0 Å². The van der Waals surface area contributed by atoms with E-state index in [0.29, 0.717) is 16.8 Å². The van der Waals surface area contributed by atoms with Crippen LogP contribution in [0.3, 0.4) is 0 Å². The Balaban J connectivity index is 1.45. The Kier molecular flexibility index (Phi) is 7.18. The molecule has 1 saturated carbocycles. The summed E-state index contributed by atoms with van der Waals surface area (Å²) in [6, 6.07) is 13.5. The van der Waals surface area contributed by atoms with Crippen LogP contribution in [0.15, 0.2) is 53.0 Å². The van der Waals surface area contributed by atoms with Crippen LogP contribution in [0.25, 0.3) is 0 Å². The zero-order valence-corrected chi connectivity index (χ0v) is 17.5. The molecule has 3 rings (SSSR count). The van der Waals surface area contributed by atoms with E-state index in [-0.39, 0.29) is 18.5 Å². The van der Waals surface area contributed by atoms with Crippen LogP contribution in [-0.2, 0) is 14.3 Å². The molecule has 0 aromatic heterocycles. The largest absolute Gasteiger partial charge is 0.454 e. The lowest BCUT2D eigenvalue weighted by Crippen LogP contribution is -2.32. The van der Waals surface area contributed by atoms with Gasteiger partial charge in [-0.15, -0.1) is 0 Å². The van der Waals surface area contributed by atoms with Crippen molar-refractivity contribution in [3.05, 3.63) is 64.1 Å². The molecule has 2 aromatic carbocycles. The van der Waals surface area contributed by atoms with E-state index in [1.54, 1.807) is 48.5 Å². The van der Waals surface area contributed by atoms with Gasteiger partial charge in [-0.3, -0.25) is 19.2 Å². The minimum Gasteiger partial charge on any atom is -0.454 e. The van der Waals surface area contributed by atoms with Gasteiger partial charge in [0, 0.05) is 16.1 Å². The number of ether oxygens (including phenoxy) is 1. The van der Waals surface area contributed by atoms with Crippen LogP contribution in [0.2, 0.25) is 0 Å². The highest BCUT2D eigenvalue weighted by atomic mass is 79.9. The van der Waals surface area contributed by atoms with Crippen LogP contribution in [0.5, 0.6) is 0 Å². The summed E-state index contributed by atoms with van der Waals surface area (Å²) in [5.41, 5.74) is 1.06. The maximum absolute atomic E-state index is 12.3. The molecule has 8 nitrogen and oxygen atoms in total. The Morgan fingerprint density at radius 3 is 2.50 bits per heavy atom. The quantitative estimate of drug-likeness (QED) is 0.508. The fourth-order valence-electron chi connectivity index (χ4n) is 2.55. The number of para-hydroxylation sites is 1. The third-order valence-corrected chi connectivity index (χ3v) is 4.70. The van der Waals surface area contributed by atoms with E-state index in [1.807, 2.05) is 0 Å². The van der Waals surface area contributed by atoms with E-state index in [1.165, 1.54) is 0 Å². The summed E-state index contributed by atoms with van der Waals surface area (Å²) in [7, 11) is 0. The number of hydrogen-bond acceptors (Lipinski definition) is 5. The van der Waals surface area contributed by atoms with Crippen LogP contribution in [0.4, 0.5) is 5.69 Å². The molecule has 2 aromatic rings. The summed E-state index contributed by atoms with van der Waals surface area (Å²) in [4.78, 5) is 48.2. The predicted molar refractivity (Wildman–Crippen MR) is 113 cm³/mol. The van der Waals surface area contributed by atoms with Crippen LogP contribution in [-0.4, -0.2) is 42.9 Å². The van der Waals surface area contributed by atoms with Crippen molar-refractivity contribution in [3.63, 3.8) is 0 Å². The van der Waals surface area contributed by atoms with E-state index in [4.69, 9.17) is 4.74 Å². The molecule has 1 aliphatic carbocycles. The molecule has 1 aliphatic rings. The van der Waals surface area contributed by atoms with E-state index in [0.717, 1.165) is 17.3 Å². The Labute approximate surface area is 181 Å². The van der Waals surface area contributed by atoms with Crippen molar-refractivity contribution < 1.29 is 23.9 Å². The number of esters is 1. The van der Waals surface area contributed by atoms with Gasteiger partial charge >= 0.3 is 5.97 Å². The molecular weight excluding hydrogens is 454 g/mol. The van der Waals surface area contributed by atoms with Crippen molar-refractivity contribution in [2.45, 2.75) is 18.9 Å². The molecule has 9 heteroatoms. The minimum absolute atomic E-state index is 0.189. The Morgan fingerprint density at radius 2 is 1.77 bits per heavy atom. The van der Waals surface area contributed by atoms with Crippen molar-refractivity contribution in [2.24, 2.45) is 0 Å². The number of rotatable bonds is 8. The van der Waals surface area contributed by atoms with E-state index in [2.05, 4.69) is 31.9 Å². The van der Waals surface area contributed by atoms with Crippen LogP contribution < -0.4 is 16.0 Å². The number of benzene rings is 2. The molecule has 0 bridgehead atoms. The van der Waals surface area contributed by atoms with Gasteiger partial charge in [0.05, 0.1) is 11.3 Å². The number of nitrogens with one attached hydrogen (secondary N) is 3. The van der Waals surface area contributed by atoms with E-state index < -0.39 is 24.4 Å². The highest BCUT2D eigenvalue weighted by Crippen LogP contribution is 2.21. The molecule has 0 atom stereocenters. The Hall–Kier alpha value is -3.20. The number of carbonyl (C=O) groups is 4. The zero-order valence-electron chi connectivity index (χ0n) is 15.9. The lowest BCUT2D eigenvalue weighted by atomic mass is 10.1. The summed E-state index contributed by atoms with van der Waals surface area (Å²) in [6.07, 6.45) is 1.91. The molecule has 156 valence electrons. The minimum atomic E-state index is -0.756. The number of halogens is 1. The summed E-state index contributed by atoms with van der Waals surface area (Å²) in [5, 5.41) is 7.86. The molecule has 1 fully saturated rings. The second-order valence-corrected chi connectivity index (χ2v) is 7.61. The fraction of sp³-hybridized carbons (Fsp3) is 0.238. The fourth-order valence-corrected chi connectivity index (χ4v) is 2.95. The van der Waals surface area contributed by atoms with Gasteiger partial charge in [0.1, 0.15) is 6.54 Å². The molecule has 0 heterocycles. The lowest BCUT2D eigenvalue weighted by Gasteiger charge is -2.11. The van der Waals surface area contributed by atoms with Crippen molar-refractivity contribution in [3.8, 4) is 0 Å². The van der Waals surface area contributed by atoms with Gasteiger partial charge in [0.15, 0.2) is 6.61 Å². The Morgan fingerprint density at radius 1 is 1.00 bits per heavy atom. The SMILES string of the molecule is O=C(COC(=O)CNC(=O)c1cccc(Br)c1)Nc1ccccc1C(=O)NC1CC1. The van der Waals surface area contributed by atoms with Gasteiger partial charge in [0.2, 0.25) is 0 Å². The van der Waals surface area contributed by atoms with Gasteiger partial charge in [0.25, 0.3) is 17.7 Å². The number of hydrogen-bond donors (Lipinski definition) is 3. The molecule has 30 heavy (non-hydrogen) atoms. The Bertz CT molecular complexity index is 975. The highest BCUT2D eigenvalue weighted by Gasteiger charge is 2.25. The second-order valence-electron chi connectivity index (χ2n) is 6.70. The molecule has 0 spiro atoms. The molecule has 3 N–H and O–H groups in total. The van der Waals surface area contributed by atoms with Crippen LogP contribution in [0.1, 0.15) is 33.6 Å². The monoisotopic (exact) mass is 473 g/mol. The smallest absolute Gasteiger partial charge is 0.325 e. The maximum atomic E-state index is 12.3. The van der Waals surface area contributed by atoms with Gasteiger partial charge in [-0.1, -0.05) is 34.1 Å². The van der Waals surface area contributed by atoms with Crippen molar-refractivity contribution >= 4 is 45.3 Å². The third kappa shape index (κ3) is 6.41. The maximum Gasteiger partial charge on any atom is 0.325 e. The van der Waals surface area contributed by atoms with Crippen LogP contribution >= 0.6 is 15.9 Å². The molecule has 0 unspecified atom stereocenters. The zero-order chi connectivity index (χ0) is 21.5. The molecule has 0 radical (unpaired) electrons. The van der Waals surface area contributed by atoms with Crippen molar-refractivity contribution in [1.82, 2.24) is 10.6 Å². The average molecular weight is 474 g/mol. The third-order valence-electron chi connectivity index (χ3n) is 4.20. The summed E-state index contributed by atoms with van der Waals surface area (Å²) < 4.78 is 5.62. The van der Waals surface area contributed by atoms with Crippen LogP contribution in [0, 0.1) is 0 Å². The van der Waals surface area contributed by atoms with Gasteiger partial charge in [-0.2, -0.15) is 0 Å². The lowest BCUT2D eigenvalue weighted by molar-refractivity contribution is -0.146. The van der Waals surface area contributed by atoms with Gasteiger partial charge in [-0.05, 0) is 43.2 Å². The second kappa shape index (κ2) is 10.0. The molecule has 0 aliphatic heterocycles. The summed E-state index contributed by atoms with van der Waals surface area (Å²) in [6.45, 7) is -0.914. The first-order chi connectivity index (χ1) is 14.4. The van der Waals surface area contributed by atoms with Crippen molar-refractivity contribution in [2.75, 3.05) is 18.5 Å². The van der Waals surface area contributed by atoms with Gasteiger partial charge < -0.3 is 20.7 Å². The molecular formula is C21H20BrN3O5. The number of carbonyl (C=O) groups excluding carboxylic acids is 4. The molecule has 0 saturated heterocycles. The highest BCUT2D eigenvalue weighted by molar-refractivity contribution is 9.10. The summed E-state index contributed by atoms with van der Waals surface area (Å²) >= 11 is 3.27. The summed E-state index contributed by atoms with van der Waals surface area (Å²) in [5.74, 6) is -2.05. The first-order valence-electron chi connectivity index (χ1n) is 9.31.